The maximum absolute atomic E-state index is 13.0. The van der Waals surface area contributed by atoms with Crippen LogP contribution in [0.15, 0.2) is 36.4 Å². The summed E-state index contributed by atoms with van der Waals surface area (Å²) < 4.78 is 49.2. The molecule has 0 fully saturated rings. The number of nitrogens with one attached hydrogen (secondary N) is 1. The van der Waals surface area contributed by atoms with Crippen molar-refractivity contribution in [1.82, 2.24) is 0 Å². The molecule has 2 rings (SSSR count). The highest BCUT2D eigenvalue weighted by Crippen LogP contribution is 2.32. The average molecular weight is 405 g/mol. The zero-order chi connectivity index (χ0) is 19.3. The fraction of sp³-hybridized carbons (Fsp3) is 0.278. The number of ether oxygens (including phenoxy) is 2. The van der Waals surface area contributed by atoms with Gasteiger partial charge in [0.2, 0.25) is 5.91 Å². The summed E-state index contributed by atoms with van der Waals surface area (Å²) >= 11 is 0. The molecular weight excluding hydrogens is 385 g/mol. The van der Waals surface area contributed by atoms with Crippen molar-refractivity contribution in [3.63, 3.8) is 0 Å². The molecule has 0 saturated carbocycles. The molecule has 0 heterocycles. The molecule has 9 heteroatoms. The summed E-state index contributed by atoms with van der Waals surface area (Å²) in [7, 11) is 2.95. The highest BCUT2D eigenvalue weighted by Gasteiger charge is 2.31. The Morgan fingerprint density at radius 1 is 1.11 bits per heavy atom. The van der Waals surface area contributed by atoms with Crippen LogP contribution in [0, 0.1) is 0 Å². The minimum Gasteiger partial charge on any atom is -0.497 e. The van der Waals surface area contributed by atoms with Gasteiger partial charge in [0, 0.05) is 17.8 Å². The summed E-state index contributed by atoms with van der Waals surface area (Å²) in [6.07, 6.45) is -4.62. The monoisotopic (exact) mass is 404 g/mol. The van der Waals surface area contributed by atoms with E-state index in [0.29, 0.717) is 17.1 Å². The van der Waals surface area contributed by atoms with E-state index in [1.165, 1.54) is 20.3 Å². The van der Waals surface area contributed by atoms with Crippen LogP contribution in [0.4, 0.5) is 18.9 Å². The van der Waals surface area contributed by atoms with Crippen LogP contribution in [0.2, 0.25) is 0 Å². The fourth-order valence-corrected chi connectivity index (χ4v) is 2.44. The quantitative estimate of drug-likeness (QED) is 0.768. The standard InChI is InChI=1S/C18H19F3N2O3.ClH/c1-25-15-3-4-16(26-2)12(7-15)8-17(24)23-14-6-11(10-22)5-13(9-14)18(19,20)21;/h3-7,9H,8,10,22H2,1-2H3,(H,23,24);1H. The van der Waals surface area contributed by atoms with Crippen molar-refractivity contribution in [2.24, 2.45) is 5.73 Å². The summed E-state index contributed by atoms with van der Waals surface area (Å²) in [5.41, 5.74) is 5.44. The zero-order valence-corrected chi connectivity index (χ0v) is 15.5. The highest BCUT2D eigenvalue weighted by molar-refractivity contribution is 5.92. The summed E-state index contributed by atoms with van der Waals surface area (Å²) in [5, 5.41) is 2.48. The summed E-state index contributed by atoms with van der Waals surface area (Å²) in [6, 6.07) is 8.21. The molecular formula is C18H20ClF3N2O3. The Labute approximate surface area is 161 Å². The lowest BCUT2D eigenvalue weighted by molar-refractivity contribution is -0.137. The molecule has 0 radical (unpaired) electrons. The Morgan fingerprint density at radius 2 is 1.81 bits per heavy atom. The lowest BCUT2D eigenvalue weighted by Crippen LogP contribution is -2.16. The first-order valence-corrected chi connectivity index (χ1v) is 7.68. The molecule has 0 aromatic heterocycles. The molecule has 0 bridgehead atoms. The number of hydrogen-bond acceptors (Lipinski definition) is 4. The number of carbonyl (C=O) groups excluding carboxylic acids is 1. The van der Waals surface area contributed by atoms with Crippen molar-refractivity contribution in [2.75, 3.05) is 19.5 Å². The topological polar surface area (TPSA) is 73.6 Å². The van der Waals surface area contributed by atoms with Gasteiger partial charge in [-0.3, -0.25) is 4.79 Å². The maximum Gasteiger partial charge on any atom is 0.416 e. The second-order valence-corrected chi connectivity index (χ2v) is 5.52. The van der Waals surface area contributed by atoms with Crippen LogP contribution in [0.3, 0.4) is 0 Å². The molecule has 2 aromatic rings. The Hall–Kier alpha value is -2.45. The van der Waals surface area contributed by atoms with Crippen LogP contribution < -0.4 is 20.5 Å². The van der Waals surface area contributed by atoms with Gasteiger partial charge in [0.1, 0.15) is 11.5 Å². The van der Waals surface area contributed by atoms with Crippen LogP contribution in [-0.2, 0) is 23.9 Å². The zero-order valence-electron chi connectivity index (χ0n) is 14.7. The SMILES string of the molecule is COc1ccc(OC)c(CC(=O)Nc2cc(CN)cc(C(F)(F)F)c2)c1.Cl. The van der Waals surface area contributed by atoms with Gasteiger partial charge in [-0.2, -0.15) is 13.2 Å². The summed E-state index contributed by atoms with van der Waals surface area (Å²) in [5.74, 6) is 0.532. The molecule has 0 saturated heterocycles. The molecule has 5 nitrogen and oxygen atoms in total. The van der Waals surface area contributed by atoms with Crippen LogP contribution >= 0.6 is 12.4 Å². The van der Waals surface area contributed by atoms with Gasteiger partial charge in [-0.25, -0.2) is 0 Å². The van der Waals surface area contributed by atoms with Crippen LogP contribution in [0.25, 0.3) is 0 Å². The number of anilines is 1. The van der Waals surface area contributed by atoms with E-state index >= 15 is 0 Å². The Kier molecular flexibility index (Phi) is 7.93. The number of hydrogen-bond donors (Lipinski definition) is 2. The first-order valence-electron chi connectivity index (χ1n) is 7.68. The van der Waals surface area contributed by atoms with Gasteiger partial charge in [-0.05, 0) is 42.0 Å². The van der Waals surface area contributed by atoms with E-state index in [1.54, 1.807) is 18.2 Å². The lowest BCUT2D eigenvalue weighted by Gasteiger charge is -2.13. The van der Waals surface area contributed by atoms with Crippen LogP contribution in [0.5, 0.6) is 11.5 Å². The lowest BCUT2D eigenvalue weighted by atomic mass is 10.1. The van der Waals surface area contributed by atoms with Crippen molar-refractivity contribution in [3.05, 3.63) is 53.1 Å². The number of amides is 1. The predicted molar refractivity (Wildman–Crippen MR) is 98.5 cm³/mol. The Balaban J connectivity index is 0.00000364. The molecule has 0 unspecified atom stereocenters. The molecule has 0 aliphatic carbocycles. The number of benzene rings is 2. The predicted octanol–water partition coefficient (Wildman–Crippen LogP) is 3.78. The highest BCUT2D eigenvalue weighted by atomic mass is 35.5. The molecule has 1 amide bonds. The maximum atomic E-state index is 13.0. The Bertz CT molecular complexity index is 798. The molecule has 0 atom stereocenters. The van der Waals surface area contributed by atoms with E-state index in [1.807, 2.05) is 0 Å². The first kappa shape index (κ1) is 22.6. The number of methoxy groups -OCH3 is 2. The normalized spacial score (nSPS) is 10.7. The van der Waals surface area contributed by atoms with Gasteiger partial charge in [0.05, 0.1) is 26.2 Å². The van der Waals surface area contributed by atoms with E-state index in [2.05, 4.69) is 5.32 Å². The third kappa shape index (κ3) is 6.04. The van der Waals surface area contributed by atoms with Gasteiger partial charge < -0.3 is 20.5 Å². The van der Waals surface area contributed by atoms with Crippen molar-refractivity contribution in [3.8, 4) is 11.5 Å². The molecule has 0 aliphatic heterocycles. The summed E-state index contributed by atoms with van der Waals surface area (Å²) in [4.78, 5) is 12.3. The van der Waals surface area contributed by atoms with Crippen LogP contribution in [0.1, 0.15) is 16.7 Å². The van der Waals surface area contributed by atoms with E-state index in [-0.39, 0.29) is 36.6 Å². The number of nitrogens with two attached hydrogens (primary N) is 1. The minimum atomic E-state index is -4.53. The molecule has 0 aliphatic rings. The molecule has 2 aromatic carbocycles. The van der Waals surface area contributed by atoms with Crippen molar-refractivity contribution < 1.29 is 27.4 Å². The van der Waals surface area contributed by atoms with Crippen molar-refractivity contribution >= 4 is 24.0 Å². The largest absolute Gasteiger partial charge is 0.497 e. The van der Waals surface area contributed by atoms with Crippen molar-refractivity contribution in [2.45, 2.75) is 19.1 Å². The molecule has 148 valence electrons. The summed E-state index contributed by atoms with van der Waals surface area (Å²) in [6.45, 7) is -0.0729. The van der Waals surface area contributed by atoms with E-state index in [9.17, 15) is 18.0 Å². The minimum absolute atomic E-state index is 0. The van der Waals surface area contributed by atoms with E-state index < -0.39 is 17.6 Å². The average Bonchev–Trinajstić information content (AvgIpc) is 2.60. The third-order valence-electron chi connectivity index (χ3n) is 3.68. The van der Waals surface area contributed by atoms with Gasteiger partial charge in [0.25, 0.3) is 0 Å². The fourth-order valence-electron chi connectivity index (χ4n) is 2.44. The first-order chi connectivity index (χ1) is 12.3. The number of alkyl halides is 3. The van der Waals surface area contributed by atoms with Crippen molar-refractivity contribution in [1.29, 1.82) is 0 Å². The van der Waals surface area contributed by atoms with E-state index in [4.69, 9.17) is 15.2 Å². The Morgan fingerprint density at radius 3 is 2.37 bits per heavy atom. The van der Waals surface area contributed by atoms with Gasteiger partial charge in [-0.1, -0.05) is 0 Å². The number of carbonyl (C=O) groups is 1. The number of rotatable bonds is 6. The van der Waals surface area contributed by atoms with Gasteiger partial charge in [-0.15, -0.1) is 12.4 Å². The molecule has 3 N–H and O–H groups in total. The second-order valence-electron chi connectivity index (χ2n) is 5.52. The van der Waals surface area contributed by atoms with Gasteiger partial charge >= 0.3 is 6.18 Å². The smallest absolute Gasteiger partial charge is 0.416 e. The van der Waals surface area contributed by atoms with Gasteiger partial charge in [0.15, 0.2) is 0 Å². The van der Waals surface area contributed by atoms with Crippen LogP contribution in [-0.4, -0.2) is 20.1 Å². The second kappa shape index (κ2) is 9.48. The molecule has 0 spiro atoms. The third-order valence-corrected chi connectivity index (χ3v) is 3.68. The van der Waals surface area contributed by atoms with E-state index in [0.717, 1.165) is 12.1 Å². The molecule has 27 heavy (non-hydrogen) atoms. The number of halogens is 4.